The van der Waals surface area contributed by atoms with E-state index in [1.54, 1.807) is 0 Å². The Morgan fingerprint density at radius 1 is 1.32 bits per heavy atom. The molecule has 0 aromatic rings. The summed E-state index contributed by atoms with van der Waals surface area (Å²) < 4.78 is 0. The fourth-order valence-corrected chi connectivity index (χ4v) is 2.66. The Hall–Kier alpha value is -1.10. The van der Waals surface area contributed by atoms with Crippen molar-refractivity contribution in [3.63, 3.8) is 0 Å². The third-order valence-electron chi connectivity index (χ3n) is 3.60. The molecular weight excluding hydrogens is 242 g/mol. The lowest BCUT2D eigenvalue weighted by molar-refractivity contribution is -0.136. The number of carbonyl (C=O) groups is 2. The van der Waals surface area contributed by atoms with Crippen molar-refractivity contribution in [2.24, 2.45) is 17.6 Å². The highest BCUT2D eigenvalue weighted by atomic mass is 16.2. The zero-order chi connectivity index (χ0) is 14.4. The molecule has 0 saturated carbocycles. The van der Waals surface area contributed by atoms with E-state index in [2.05, 4.69) is 19.2 Å². The van der Waals surface area contributed by atoms with Crippen molar-refractivity contribution in [1.29, 1.82) is 0 Å². The lowest BCUT2D eigenvalue weighted by Crippen LogP contribution is -2.48. The van der Waals surface area contributed by atoms with Gasteiger partial charge in [0.1, 0.15) is 0 Å². The van der Waals surface area contributed by atoms with E-state index in [4.69, 9.17) is 5.73 Å². The van der Waals surface area contributed by atoms with Gasteiger partial charge in [-0.25, -0.2) is 0 Å². The molecule has 0 aliphatic carbocycles. The van der Waals surface area contributed by atoms with Crippen LogP contribution in [0.5, 0.6) is 0 Å². The molecular formula is C14H27N3O2. The first-order chi connectivity index (χ1) is 8.93. The molecule has 1 heterocycles. The topological polar surface area (TPSA) is 75.4 Å². The Morgan fingerprint density at radius 3 is 2.32 bits per heavy atom. The van der Waals surface area contributed by atoms with Gasteiger partial charge in [0.25, 0.3) is 0 Å². The van der Waals surface area contributed by atoms with Gasteiger partial charge in [0, 0.05) is 32.6 Å². The van der Waals surface area contributed by atoms with Gasteiger partial charge in [-0.3, -0.25) is 9.59 Å². The van der Waals surface area contributed by atoms with Crippen molar-refractivity contribution in [3.05, 3.63) is 0 Å². The summed E-state index contributed by atoms with van der Waals surface area (Å²) in [7, 11) is 0. The maximum absolute atomic E-state index is 12.4. The second-order valence-corrected chi connectivity index (χ2v) is 5.86. The van der Waals surface area contributed by atoms with Gasteiger partial charge in [-0.05, 0) is 25.2 Å². The van der Waals surface area contributed by atoms with Crippen LogP contribution in [0.1, 0.15) is 40.0 Å². The zero-order valence-corrected chi connectivity index (χ0v) is 12.3. The molecule has 19 heavy (non-hydrogen) atoms. The Balaban J connectivity index is 2.45. The van der Waals surface area contributed by atoms with Crippen molar-refractivity contribution >= 4 is 11.8 Å². The first kappa shape index (κ1) is 16.0. The monoisotopic (exact) mass is 269 g/mol. The Morgan fingerprint density at radius 2 is 1.89 bits per heavy atom. The number of piperidine rings is 1. The van der Waals surface area contributed by atoms with Crippen LogP contribution in [0.15, 0.2) is 0 Å². The molecule has 1 unspecified atom stereocenters. The number of likely N-dealkylation sites (tertiary alicyclic amines) is 1. The number of rotatable bonds is 5. The van der Waals surface area contributed by atoms with E-state index in [0.717, 1.165) is 32.4 Å². The van der Waals surface area contributed by atoms with E-state index >= 15 is 0 Å². The van der Waals surface area contributed by atoms with E-state index in [-0.39, 0.29) is 23.8 Å². The quantitative estimate of drug-likeness (QED) is 0.773. The molecule has 0 aromatic carbocycles. The number of carbonyl (C=O) groups excluding carboxylic acids is 2. The summed E-state index contributed by atoms with van der Waals surface area (Å²) in [6.45, 7) is 7.61. The first-order valence-corrected chi connectivity index (χ1v) is 7.20. The molecule has 3 N–H and O–H groups in total. The highest BCUT2D eigenvalue weighted by molar-refractivity contribution is 5.79. The molecule has 1 aliphatic heterocycles. The molecule has 1 rings (SSSR count). The second-order valence-electron chi connectivity index (χ2n) is 5.86. The molecule has 1 fully saturated rings. The Labute approximate surface area is 115 Å². The van der Waals surface area contributed by atoms with Gasteiger partial charge in [-0.1, -0.05) is 13.8 Å². The zero-order valence-electron chi connectivity index (χ0n) is 12.3. The van der Waals surface area contributed by atoms with Crippen LogP contribution in [0, 0.1) is 11.8 Å². The lowest BCUT2D eigenvalue weighted by Gasteiger charge is -2.34. The fraction of sp³-hybridized carbons (Fsp3) is 0.857. The third-order valence-corrected chi connectivity index (χ3v) is 3.60. The molecule has 0 radical (unpaired) electrons. The van der Waals surface area contributed by atoms with Crippen LogP contribution in [0.2, 0.25) is 0 Å². The minimum absolute atomic E-state index is 0.00409. The second kappa shape index (κ2) is 7.48. The van der Waals surface area contributed by atoms with Crippen LogP contribution < -0.4 is 11.1 Å². The molecule has 2 amide bonds. The van der Waals surface area contributed by atoms with Crippen LogP contribution in [-0.2, 0) is 9.59 Å². The van der Waals surface area contributed by atoms with Crippen molar-refractivity contribution < 1.29 is 9.59 Å². The van der Waals surface area contributed by atoms with Crippen molar-refractivity contribution in [3.8, 4) is 0 Å². The summed E-state index contributed by atoms with van der Waals surface area (Å²) in [5.41, 5.74) is 5.72. The van der Waals surface area contributed by atoms with Gasteiger partial charge < -0.3 is 16.0 Å². The number of amides is 2. The number of nitrogens with one attached hydrogen (secondary N) is 1. The molecule has 1 atom stereocenters. The van der Waals surface area contributed by atoms with Gasteiger partial charge >= 0.3 is 0 Å². The summed E-state index contributed by atoms with van der Waals surface area (Å²) in [6.07, 6.45) is 2.52. The Bertz CT molecular complexity index is 310. The molecule has 1 aliphatic rings. The highest BCUT2D eigenvalue weighted by Gasteiger charge is 2.28. The fourth-order valence-electron chi connectivity index (χ4n) is 2.66. The summed E-state index contributed by atoms with van der Waals surface area (Å²) in [4.78, 5) is 25.2. The predicted octanol–water partition coefficient (Wildman–Crippen LogP) is 0.735. The maximum atomic E-state index is 12.4. The Kier molecular flexibility index (Phi) is 6.28. The average molecular weight is 269 g/mol. The van der Waals surface area contributed by atoms with Crippen LogP contribution >= 0.6 is 0 Å². The molecule has 0 bridgehead atoms. The van der Waals surface area contributed by atoms with Gasteiger partial charge in [-0.15, -0.1) is 0 Å². The van der Waals surface area contributed by atoms with E-state index in [9.17, 15) is 9.59 Å². The molecule has 0 aromatic heterocycles. The minimum atomic E-state index is -0.0580. The van der Waals surface area contributed by atoms with Crippen molar-refractivity contribution in [2.45, 2.75) is 46.1 Å². The number of nitrogens with zero attached hydrogens (tertiary/aromatic N) is 1. The van der Waals surface area contributed by atoms with Crippen molar-refractivity contribution in [1.82, 2.24) is 10.2 Å². The van der Waals surface area contributed by atoms with Crippen LogP contribution in [0.4, 0.5) is 0 Å². The van der Waals surface area contributed by atoms with E-state index in [1.807, 2.05) is 4.90 Å². The number of hydrogen-bond donors (Lipinski definition) is 2. The summed E-state index contributed by atoms with van der Waals surface area (Å²) in [5, 5.41) is 2.92. The summed E-state index contributed by atoms with van der Waals surface area (Å²) >= 11 is 0. The largest absolute Gasteiger partial charge is 0.353 e. The maximum Gasteiger partial charge on any atom is 0.226 e. The number of hydrogen-bond acceptors (Lipinski definition) is 3. The molecule has 5 heteroatoms. The van der Waals surface area contributed by atoms with Crippen molar-refractivity contribution in [2.75, 3.05) is 19.6 Å². The van der Waals surface area contributed by atoms with E-state index < -0.39 is 0 Å². The smallest absolute Gasteiger partial charge is 0.226 e. The molecule has 0 spiro atoms. The predicted molar refractivity (Wildman–Crippen MR) is 75.4 cm³/mol. The van der Waals surface area contributed by atoms with Gasteiger partial charge in [0.05, 0.1) is 5.92 Å². The SMILES string of the molecule is CC(=O)NC1CCN(C(=O)C(CN)CC(C)C)CC1. The van der Waals surface area contributed by atoms with Crippen LogP contribution in [0.25, 0.3) is 0 Å². The average Bonchev–Trinajstić information content (AvgIpc) is 2.35. The highest BCUT2D eigenvalue weighted by Crippen LogP contribution is 2.17. The summed E-state index contributed by atoms with van der Waals surface area (Å²) in [5.74, 6) is 0.605. The lowest BCUT2D eigenvalue weighted by atomic mass is 9.94. The van der Waals surface area contributed by atoms with Gasteiger partial charge in [-0.2, -0.15) is 0 Å². The van der Waals surface area contributed by atoms with Gasteiger partial charge in [0.15, 0.2) is 0 Å². The number of nitrogens with two attached hydrogens (primary N) is 1. The van der Waals surface area contributed by atoms with Crippen LogP contribution in [-0.4, -0.2) is 42.4 Å². The summed E-state index contributed by atoms with van der Waals surface area (Å²) in [6, 6.07) is 0.211. The standard InChI is InChI=1S/C14H27N3O2/c1-10(2)8-12(9-15)14(19)17-6-4-13(5-7-17)16-11(3)18/h10,12-13H,4-9,15H2,1-3H3,(H,16,18). The van der Waals surface area contributed by atoms with Crippen LogP contribution in [0.3, 0.4) is 0 Å². The molecule has 5 nitrogen and oxygen atoms in total. The van der Waals surface area contributed by atoms with Gasteiger partial charge in [0.2, 0.25) is 11.8 Å². The van der Waals surface area contributed by atoms with E-state index in [0.29, 0.717) is 12.5 Å². The normalized spacial score (nSPS) is 18.5. The molecule has 1 saturated heterocycles. The third kappa shape index (κ3) is 5.19. The first-order valence-electron chi connectivity index (χ1n) is 7.20. The molecule has 110 valence electrons. The minimum Gasteiger partial charge on any atom is -0.353 e. The van der Waals surface area contributed by atoms with E-state index in [1.165, 1.54) is 6.92 Å².